The van der Waals surface area contributed by atoms with Crippen LogP contribution < -0.4 is 0 Å². The van der Waals surface area contributed by atoms with Gasteiger partial charge in [0.25, 0.3) is 0 Å². The highest BCUT2D eigenvalue weighted by Gasteiger charge is 2.23. The Morgan fingerprint density at radius 2 is 1.86 bits per heavy atom. The Morgan fingerprint density at radius 3 is 2.76 bits per heavy atom. The molecule has 1 aliphatic carbocycles. The second-order valence-electron chi connectivity index (χ2n) is 7.96. The molecule has 0 amide bonds. The first-order valence-corrected chi connectivity index (χ1v) is 12.2. The zero-order valence-corrected chi connectivity index (χ0v) is 18.5. The van der Waals surface area contributed by atoms with Crippen LogP contribution in [0.5, 0.6) is 0 Å². The fourth-order valence-electron chi connectivity index (χ4n) is 4.27. The van der Waals surface area contributed by atoms with E-state index < -0.39 is 0 Å². The molecule has 0 spiro atoms. The number of benzene rings is 2. The van der Waals surface area contributed by atoms with Gasteiger partial charge in [-0.3, -0.25) is 4.57 Å². The van der Waals surface area contributed by atoms with Gasteiger partial charge in [0.1, 0.15) is 0 Å². The van der Waals surface area contributed by atoms with Gasteiger partial charge in [-0.05, 0) is 61.4 Å². The average molecular weight is 420 g/mol. The summed E-state index contributed by atoms with van der Waals surface area (Å²) in [5.41, 5.74) is 4.17. The summed E-state index contributed by atoms with van der Waals surface area (Å²) in [6, 6.07) is 15.5. The van der Waals surface area contributed by atoms with Crippen molar-refractivity contribution < 1.29 is 0 Å². The molecule has 0 bridgehead atoms. The van der Waals surface area contributed by atoms with Crippen LogP contribution in [-0.4, -0.2) is 14.8 Å². The summed E-state index contributed by atoms with van der Waals surface area (Å²) in [7, 11) is 0. The molecular weight excluding hydrogens is 394 g/mol. The Kier molecular flexibility index (Phi) is 5.18. The van der Waals surface area contributed by atoms with E-state index in [-0.39, 0.29) is 0 Å². The van der Waals surface area contributed by atoms with E-state index in [9.17, 15) is 0 Å². The molecule has 5 heteroatoms. The summed E-state index contributed by atoms with van der Waals surface area (Å²) in [6.45, 7) is 4.46. The standard InChI is InChI=1S/C24H25N3S2/c1-16(2)27-23(21-15-28-22-13-6-5-12-20(21)22)25-26-24(27)29-14-18-10-7-9-17-8-3-4-11-19(17)18/h3-4,7-11,15-16H,5-6,12-14H2,1-2H3. The van der Waals surface area contributed by atoms with Crippen molar-refractivity contribution in [1.29, 1.82) is 0 Å². The van der Waals surface area contributed by atoms with Gasteiger partial charge in [-0.2, -0.15) is 0 Å². The summed E-state index contributed by atoms with van der Waals surface area (Å²) in [6.07, 6.45) is 5.00. The van der Waals surface area contributed by atoms with Crippen LogP contribution in [0.15, 0.2) is 53.0 Å². The molecule has 148 valence electrons. The third-order valence-electron chi connectivity index (χ3n) is 5.72. The van der Waals surface area contributed by atoms with Gasteiger partial charge in [0.15, 0.2) is 11.0 Å². The summed E-state index contributed by atoms with van der Waals surface area (Å²) < 4.78 is 2.33. The molecule has 1 aliphatic rings. The van der Waals surface area contributed by atoms with Crippen molar-refractivity contribution in [2.75, 3.05) is 0 Å². The Morgan fingerprint density at radius 1 is 1.03 bits per heavy atom. The molecule has 2 heterocycles. The van der Waals surface area contributed by atoms with Crippen LogP contribution in [0.4, 0.5) is 0 Å². The van der Waals surface area contributed by atoms with Gasteiger partial charge < -0.3 is 0 Å². The molecule has 3 nitrogen and oxygen atoms in total. The van der Waals surface area contributed by atoms with Gasteiger partial charge in [-0.25, -0.2) is 0 Å². The highest BCUT2D eigenvalue weighted by molar-refractivity contribution is 7.98. The molecule has 0 atom stereocenters. The number of thioether (sulfide) groups is 1. The maximum atomic E-state index is 4.66. The van der Waals surface area contributed by atoms with E-state index >= 15 is 0 Å². The van der Waals surface area contributed by atoms with Gasteiger partial charge in [0, 0.05) is 27.6 Å². The minimum absolute atomic E-state index is 0.328. The van der Waals surface area contributed by atoms with Gasteiger partial charge in [-0.1, -0.05) is 54.2 Å². The van der Waals surface area contributed by atoms with Gasteiger partial charge in [0.2, 0.25) is 0 Å². The highest BCUT2D eigenvalue weighted by Crippen LogP contribution is 2.38. The number of aromatic nitrogens is 3. The van der Waals surface area contributed by atoms with E-state index in [4.69, 9.17) is 0 Å². The van der Waals surface area contributed by atoms with Crippen molar-refractivity contribution in [3.05, 3.63) is 63.8 Å². The third-order valence-corrected chi connectivity index (χ3v) is 7.80. The fourth-order valence-corrected chi connectivity index (χ4v) is 6.46. The molecule has 0 saturated carbocycles. The van der Waals surface area contributed by atoms with Crippen molar-refractivity contribution >= 4 is 33.9 Å². The molecule has 0 unspecified atom stereocenters. The van der Waals surface area contributed by atoms with Crippen LogP contribution in [0.2, 0.25) is 0 Å². The van der Waals surface area contributed by atoms with Gasteiger partial charge >= 0.3 is 0 Å². The van der Waals surface area contributed by atoms with Crippen LogP contribution in [0.25, 0.3) is 22.2 Å². The van der Waals surface area contributed by atoms with E-state index in [1.165, 1.54) is 53.1 Å². The zero-order valence-electron chi connectivity index (χ0n) is 16.9. The second-order valence-corrected chi connectivity index (χ2v) is 9.86. The predicted octanol–water partition coefficient (Wildman–Crippen LogP) is 6.91. The van der Waals surface area contributed by atoms with Gasteiger partial charge in [-0.15, -0.1) is 21.5 Å². The smallest absolute Gasteiger partial charge is 0.192 e. The lowest BCUT2D eigenvalue weighted by Crippen LogP contribution is -2.07. The van der Waals surface area contributed by atoms with E-state index in [0.29, 0.717) is 6.04 Å². The molecule has 0 saturated heterocycles. The highest BCUT2D eigenvalue weighted by atomic mass is 32.2. The lowest BCUT2D eigenvalue weighted by Gasteiger charge is -2.16. The van der Waals surface area contributed by atoms with Crippen molar-refractivity contribution in [1.82, 2.24) is 14.8 Å². The SMILES string of the molecule is CC(C)n1c(SCc2cccc3ccccc23)nnc1-c1csc2c1CCCC2. The maximum absolute atomic E-state index is 4.66. The number of aryl methyl sites for hydroxylation is 1. The third kappa shape index (κ3) is 3.51. The minimum Gasteiger partial charge on any atom is -0.299 e. The lowest BCUT2D eigenvalue weighted by molar-refractivity contribution is 0.554. The van der Waals surface area contributed by atoms with Crippen LogP contribution in [0.3, 0.4) is 0 Å². The number of rotatable bonds is 5. The Hall–Kier alpha value is -2.11. The number of fused-ring (bicyclic) bond motifs is 2. The predicted molar refractivity (Wildman–Crippen MR) is 124 cm³/mol. The van der Waals surface area contributed by atoms with E-state index in [1.54, 1.807) is 16.6 Å². The number of nitrogens with zero attached hydrogens (tertiary/aromatic N) is 3. The number of thiophene rings is 1. The topological polar surface area (TPSA) is 30.7 Å². The van der Waals surface area contributed by atoms with E-state index in [1.807, 2.05) is 11.3 Å². The summed E-state index contributed by atoms with van der Waals surface area (Å²) in [5.74, 6) is 1.94. The van der Waals surface area contributed by atoms with E-state index in [2.05, 4.69) is 76.5 Å². The molecule has 2 aromatic heterocycles. The summed E-state index contributed by atoms with van der Waals surface area (Å²) >= 11 is 3.69. The molecule has 0 fully saturated rings. The second kappa shape index (κ2) is 7.96. The molecule has 2 aromatic carbocycles. The largest absolute Gasteiger partial charge is 0.299 e. The first-order chi connectivity index (χ1) is 14.2. The number of hydrogen-bond acceptors (Lipinski definition) is 4. The minimum atomic E-state index is 0.328. The Labute approximate surface area is 180 Å². The first kappa shape index (κ1) is 18.9. The quantitative estimate of drug-likeness (QED) is 0.329. The first-order valence-electron chi connectivity index (χ1n) is 10.4. The fraction of sp³-hybridized carbons (Fsp3) is 0.333. The molecule has 0 aliphatic heterocycles. The van der Waals surface area contributed by atoms with Gasteiger partial charge in [0.05, 0.1) is 0 Å². The maximum Gasteiger partial charge on any atom is 0.192 e. The molecular formula is C24H25N3S2. The Balaban J connectivity index is 1.48. The van der Waals surface area contributed by atoms with Crippen molar-refractivity contribution in [2.24, 2.45) is 0 Å². The van der Waals surface area contributed by atoms with Crippen LogP contribution in [-0.2, 0) is 18.6 Å². The van der Waals surface area contributed by atoms with Crippen LogP contribution in [0, 0.1) is 0 Å². The monoisotopic (exact) mass is 419 g/mol. The molecule has 0 radical (unpaired) electrons. The van der Waals surface area contributed by atoms with Crippen molar-refractivity contribution in [2.45, 2.75) is 56.5 Å². The van der Waals surface area contributed by atoms with Crippen molar-refractivity contribution in [3.63, 3.8) is 0 Å². The average Bonchev–Trinajstić information content (AvgIpc) is 3.36. The Bertz CT molecular complexity index is 1150. The summed E-state index contributed by atoms with van der Waals surface area (Å²) in [5, 5.41) is 15.2. The number of hydrogen-bond donors (Lipinski definition) is 0. The zero-order chi connectivity index (χ0) is 19.8. The molecule has 4 aromatic rings. The lowest BCUT2D eigenvalue weighted by atomic mass is 9.95. The van der Waals surface area contributed by atoms with Crippen LogP contribution in [0.1, 0.15) is 48.7 Å². The normalized spacial score (nSPS) is 13.9. The van der Waals surface area contributed by atoms with E-state index in [0.717, 1.165) is 16.7 Å². The van der Waals surface area contributed by atoms with Crippen LogP contribution >= 0.6 is 23.1 Å². The molecule has 5 rings (SSSR count). The molecule has 29 heavy (non-hydrogen) atoms. The van der Waals surface area contributed by atoms with Crippen molar-refractivity contribution in [3.8, 4) is 11.4 Å². The molecule has 0 N–H and O–H groups in total. The summed E-state index contributed by atoms with van der Waals surface area (Å²) in [4.78, 5) is 1.55.